The van der Waals surface area contributed by atoms with Crippen molar-refractivity contribution in [3.05, 3.63) is 65.2 Å². The molecular weight excluding hydrogens is 400 g/mol. The van der Waals surface area contributed by atoms with Crippen molar-refractivity contribution in [1.82, 2.24) is 9.62 Å². The lowest BCUT2D eigenvalue weighted by Gasteiger charge is -2.35. The quantitative estimate of drug-likeness (QED) is 0.685. The predicted molar refractivity (Wildman–Crippen MR) is 117 cm³/mol. The van der Waals surface area contributed by atoms with E-state index in [-0.39, 0.29) is 18.2 Å². The molecule has 1 fully saturated rings. The van der Waals surface area contributed by atoms with Gasteiger partial charge in [-0.15, -0.1) is 0 Å². The number of carbonyl (C=O) groups excluding carboxylic acids is 1. The minimum atomic E-state index is -3.36. The van der Waals surface area contributed by atoms with Crippen LogP contribution in [0.1, 0.15) is 27.9 Å². The van der Waals surface area contributed by atoms with E-state index in [1.54, 1.807) is 18.2 Å². The van der Waals surface area contributed by atoms with Gasteiger partial charge in [-0.05, 0) is 49.2 Å². The zero-order chi connectivity index (χ0) is 21.6. The largest absolute Gasteiger partial charge is 0.369 e. The summed E-state index contributed by atoms with van der Waals surface area (Å²) in [6.07, 6.45) is 0.337. The van der Waals surface area contributed by atoms with Crippen molar-refractivity contribution >= 4 is 21.6 Å². The summed E-state index contributed by atoms with van der Waals surface area (Å²) in [7, 11) is -3.36. The summed E-state index contributed by atoms with van der Waals surface area (Å²) < 4.78 is 26.8. The molecule has 0 radical (unpaired) electrons. The van der Waals surface area contributed by atoms with Gasteiger partial charge in [-0.25, -0.2) is 8.42 Å². The Morgan fingerprint density at radius 1 is 1.10 bits per heavy atom. The Morgan fingerprint density at radius 2 is 1.83 bits per heavy atom. The van der Waals surface area contributed by atoms with Gasteiger partial charge >= 0.3 is 0 Å². The summed E-state index contributed by atoms with van der Waals surface area (Å²) >= 11 is 0. The molecule has 1 heterocycles. The number of sulfonamides is 1. The van der Waals surface area contributed by atoms with Crippen LogP contribution >= 0.6 is 0 Å². The maximum atomic E-state index is 12.6. The van der Waals surface area contributed by atoms with Gasteiger partial charge in [-0.3, -0.25) is 4.79 Å². The van der Waals surface area contributed by atoms with Crippen LogP contribution in [0.5, 0.6) is 0 Å². The first kappa shape index (κ1) is 21.8. The Balaban J connectivity index is 1.44. The summed E-state index contributed by atoms with van der Waals surface area (Å²) in [6, 6.07) is 16.6. The third-order valence-corrected chi connectivity index (χ3v) is 7.07. The molecule has 1 N–H and O–H groups in total. The molecule has 0 aromatic heterocycles. The second-order valence-corrected chi connectivity index (χ2v) is 9.43. The van der Waals surface area contributed by atoms with Crippen LogP contribution < -0.4 is 10.2 Å². The number of nitrogens with one attached hydrogen (secondary N) is 1. The third-order valence-electron chi connectivity index (χ3n) is 5.12. The number of aryl methyl sites for hydroxylation is 1. The molecule has 8 heteroatoms. The normalized spacial score (nSPS) is 14.9. The first-order valence-corrected chi connectivity index (χ1v) is 11.6. The summed E-state index contributed by atoms with van der Waals surface area (Å²) in [5.41, 5.74) is 3.11. The summed E-state index contributed by atoms with van der Waals surface area (Å²) in [6.45, 7) is 4.55. The van der Waals surface area contributed by atoms with Gasteiger partial charge in [0.15, 0.2) is 0 Å². The first-order chi connectivity index (χ1) is 14.4. The van der Waals surface area contributed by atoms with Gasteiger partial charge in [0.2, 0.25) is 10.0 Å². The number of benzene rings is 2. The van der Waals surface area contributed by atoms with Gasteiger partial charge < -0.3 is 10.2 Å². The highest BCUT2D eigenvalue weighted by Gasteiger charge is 2.26. The molecule has 0 atom stereocenters. The molecule has 1 aliphatic heterocycles. The van der Waals surface area contributed by atoms with Crippen molar-refractivity contribution in [2.24, 2.45) is 0 Å². The second-order valence-electron chi connectivity index (χ2n) is 7.34. The average Bonchev–Trinajstić information content (AvgIpc) is 2.76. The van der Waals surface area contributed by atoms with Gasteiger partial charge in [0.05, 0.1) is 17.4 Å². The smallest absolute Gasteiger partial charge is 0.251 e. The lowest BCUT2D eigenvalue weighted by molar-refractivity contribution is 0.0953. The van der Waals surface area contributed by atoms with E-state index in [9.17, 15) is 13.2 Å². The van der Waals surface area contributed by atoms with Crippen LogP contribution in [0.2, 0.25) is 0 Å². The van der Waals surface area contributed by atoms with Crippen molar-refractivity contribution in [2.45, 2.75) is 13.3 Å². The second kappa shape index (κ2) is 9.74. The molecule has 3 rings (SSSR count). The number of anilines is 1. The molecule has 7 nitrogen and oxygen atoms in total. The Labute approximate surface area is 178 Å². The molecule has 30 heavy (non-hydrogen) atoms. The third kappa shape index (κ3) is 5.59. The van der Waals surface area contributed by atoms with E-state index < -0.39 is 10.0 Å². The van der Waals surface area contributed by atoms with Crippen LogP contribution in [0.4, 0.5) is 5.69 Å². The number of rotatable bonds is 7. The monoisotopic (exact) mass is 426 g/mol. The van der Waals surface area contributed by atoms with Gasteiger partial charge in [-0.1, -0.05) is 18.2 Å². The molecule has 2 aromatic carbocycles. The molecule has 2 aromatic rings. The zero-order valence-electron chi connectivity index (χ0n) is 17.0. The minimum absolute atomic E-state index is 0.00401. The molecule has 0 aliphatic carbocycles. The van der Waals surface area contributed by atoms with Crippen molar-refractivity contribution in [3.63, 3.8) is 0 Å². The number of nitrogens with zero attached hydrogens (tertiary/aromatic N) is 3. The number of piperazine rings is 1. The number of hydrogen-bond acceptors (Lipinski definition) is 5. The lowest BCUT2D eigenvalue weighted by Crippen LogP contribution is -2.49. The molecule has 0 spiro atoms. The first-order valence-electron chi connectivity index (χ1n) is 9.97. The molecule has 0 saturated carbocycles. The SMILES string of the molecule is Cc1cccc(N2CCN(S(=O)(=O)CCCNC(=O)c3cccc(C#N)c3)CC2)c1. The topological polar surface area (TPSA) is 93.5 Å². The van der Waals surface area contributed by atoms with Gasteiger partial charge in [-0.2, -0.15) is 9.57 Å². The predicted octanol–water partition coefficient (Wildman–Crippen LogP) is 2.14. The van der Waals surface area contributed by atoms with E-state index in [1.807, 2.05) is 31.2 Å². The zero-order valence-corrected chi connectivity index (χ0v) is 17.9. The van der Waals surface area contributed by atoms with Crippen molar-refractivity contribution in [1.29, 1.82) is 5.26 Å². The number of carbonyl (C=O) groups is 1. The van der Waals surface area contributed by atoms with E-state index in [2.05, 4.69) is 16.3 Å². The summed E-state index contributed by atoms with van der Waals surface area (Å²) in [4.78, 5) is 14.4. The molecule has 1 amide bonds. The fourth-order valence-corrected chi connectivity index (χ4v) is 4.95. The summed E-state index contributed by atoms with van der Waals surface area (Å²) in [5.74, 6) is -0.313. The Hall–Kier alpha value is -2.89. The Morgan fingerprint density at radius 3 is 2.53 bits per heavy atom. The summed E-state index contributed by atoms with van der Waals surface area (Å²) in [5, 5.41) is 11.6. The van der Waals surface area contributed by atoms with Crippen molar-refractivity contribution in [3.8, 4) is 6.07 Å². The highest BCUT2D eigenvalue weighted by atomic mass is 32.2. The van der Waals surface area contributed by atoms with Crippen LogP contribution in [-0.2, 0) is 10.0 Å². The van der Waals surface area contributed by atoms with E-state index >= 15 is 0 Å². The van der Waals surface area contributed by atoms with Gasteiger partial charge in [0, 0.05) is 44.0 Å². The molecular formula is C22H26N4O3S. The Bertz CT molecular complexity index is 1040. The van der Waals surface area contributed by atoms with Gasteiger partial charge in [0.1, 0.15) is 0 Å². The van der Waals surface area contributed by atoms with Crippen LogP contribution in [0.15, 0.2) is 48.5 Å². The average molecular weight is 427 g/mol. The van der Waals surface area contributed by atoms with Crippen LogP contribution in [-0.4, -0.2) is 57.1 Å². The van der Waals surface area contributed by atoms with Crippen LogP contribution in [0, 0.1) is 18.3 Å². The number of hydrogen-bond donors (Lipinski definition) is 1. The number of amides is 1. The van der Waals surface area contributed by atoms with Crippen molar-refractivity contribution < 1.29 is 13.2 Å². The van der Waals surface area contributed by atoms with E-state index in [0.29, 0.717) is 43.7 Å². The fraction of sp³-hybridized carbons (Fsp3) is 0.364. The molecule has 0 bridgehead atoms. The maximum absolute atomic E-state index is 12.6. The lowest BCUT2D eigenvalue weighted by atomic mass is 10.1. The van der Waals surface area contributed by atoms with Gasteiger partial charge in [0.25, 0.3) is 5.91 Å². The molecule has 0 unspecified atom stereocenters. The number of nitriles is 1. The van der Waals surface area contributed by atoms with E-state index in [0.717, 1.165) is 5.69 Å². The molecule has 1 saturated heterocycles. The van der Waals surface area contributed by atoms with Crippen LogP contribution in [0.25, 0.3) is 0 Å². The van der Waals surface area contributed by atoms with E-state index in [1.165, 1.54) is 15.9 Å². The highest BCUT2D eigenvalue weighted by Crippen LogP contribution is 2.19. The standard InChI is InChI=1S/C22H26N4O3S/c1-18-5-2-8-21(15-18)25-10-12-26(13-11-25)30(28,29)14-4-9-24-22(27)20-7-3-6-19(16-20)17-23/h2-3,5-8,15-16H,4,9-14H2,1H3,(H,24,27). The molecule has 158 valence electrons. The van der Waals surface area contributed by atoms with E-state index in [4.69, 9.17) is 5.26 Å². The van der Waals surface area contributed by atoms with Crippen molar-refractivity contribution in [2.75, 3.05) is 43.4 Å². The highest BCUT2D eigenvalue weighted by molar-refractivity contribution is 7.89. The maximum Gasteiger partial charge on any atom is 0.251 e. The Kier molecular flexibility index (Phi) is 7.08. The fourth-order valence-electron chi connectivity index (χ4n) is 3.47. The van der Waals surface area contributed by atoms with Crippen LogP contribution in [0.3, 0.4) is 0 Å². The molecule has 1 aliphatic rings. The minimum Gasteiger partial charge on any atom is -0.369 e.